The fourth-order valence-electron chi connectivity index (χ4n) is 2.13. The second-order valence-corrected chi connectivity index (χ2v) is 5.11. The maximum absolute atomic E-state index is 9.36. The Balaban J connectivity index is 1.95. The van der Waals surface area contributed by atoms with Gasteiger partial charge in [0.2, 0.25) is 5.71 Å². The third-order valence-corrected chi connectivity index (χ3v) is 3.50. The molecule has 1 aromatic heterocycles. The van der Waals surface area contributed by atoms with Crippen LogP contribution in [-0.2, 0) is 7.05 Å². The van der Waals surface area contributed by atoms with Crippen molar-refractivity contribution >= 4 is 34.0 Å². The number of aromatic nitrogens is 2. The van der Waals surface area contributed by atoms with E-state index in [0.29, 0.717) is 10.8 Å². The van der Waals surface area contributed by atoms with Crippen molar-refractivity contribution in [3.05, 3.63) is 59.4 Å². The van der Waals surface area contributed by atoms with Crippen molar-refractivity contribution in [3.8, 4) is 6.07 Å². The standard InChI is InChI=1S/C16H12ClN5/c1-22-15-5-3-2-4-13(15)19-16(22)14(10-18)21-20-12-8-6-11(17)7-9-12/h2-9,20H,1H3/b21-14-. The number of anilines is 1. The Morgan fingerprint density at radius 3 is 2.64 bits per heavy atom. The summed E-state index contributed by atoms with van der Waals surface area (Å²) >= 11 is 5.83. The van der Waals surface area contributed by atoms with Crippen LogP contribution in [0.1, 0.15) is 5.82 Å². The van der Waals surface area contributed by atoms with E-state index in [1.54, 1.807) is 24.3 Å². The van der Waals surface area contributed by atoms with E-state index in [4.69, 9.17) is 11.6 Å². The summed E-state index contributed by atoms with van der Waals surface area (Å²) in [6, 6.07) is 16.9. The van der Waals surface area contributed by atoms with Crippen LogP contribution in [0.25, 0.3) is 11.0 Å². The number of imidazole rings is 1. The monoisotopic (exact) mass is 309 g/mol. The summed E-state index contributed by atoms with van der Waals surface area (Å²) in [6.07, 6.45) is 0. The molecule has 0 radical (unpaired) electrons. The van der Waals surface area contributed by atoms with E-state index >= 15 is 0 Å². The smallest absolute Gasteiger partial charge is 0.203 e. The lowest BCUT2D eigenvalue weighted by atomic mass is 10.3. The number of hydrogen-bond acceptors (Lipinski definition) is 4. The predicted molar refractivity (Wildman–Crippen MR) is 87.9 cm³/mol. The lowest BCUT2D eigenvalue weighted by Gasteiger charge is -2.02. The van der Waals surface area contributed by atoms with Gasteiger partial charge in [-0.15, -0.1) is 0 Å². The molecule has 2 aromatic carbocycles. The molecular weight excluding hydrogens is 298 g/mol. The number of rotatable bonds is 3. The van der Waals surface area contributed by atoms with E-state index in [-0.39, 0.29) is 5.71 Å². The second-order valence-electron chi connectivity index (χ2n) is 4.67. The zero-order valence-corrected chi connectivity index (χ0v) is 12.5. The molecule has 0 aliphatic carbocycles. The lowest BCUT2D eigenvalue weighted by molar-refractivity contribution is 0.929. The van der Waals surface area contributed by atoms with E-state index in [0.717, 1.165) is 16.7 Å². The molecule has 1 heterocycles. The zero-order valence-electron chi connectivity index (χ0n) is 11.8. The van der Waals surface area contributed by atoms with Crippen LogP contribution in [0.5, 0.6) is 0 Å². The van der Waals surface area contributed by atoms with Crippen LogP contribution < -0.4 is 5.43 Å². The molecule has 0 aliphatic rings. The molecule has 0 amide bonds. The van der Waals surface area contributed by atoms with Gasteiger partial charge in [-0.2, -0.15) is 10.4 Å². The fourth-order valence-corrected chi connectivity index (χ4v) is 2.25. The van der Waals surface area contributed by atoms with E-state index in [1.807, 2.05) is 35.9 Å². The number of halogens is 1. The first kappa shape index (κ1) is 14.1. The molecule has 0 aliphatic heterocycles. The fraction of sp³-hybridized carbons (Fsp3) is 0.0625. The van der Waals surface area contributed by atoms with Crippen LogP contribution in [0, 0.1) is 11.3 Å². The summed E-state index contributed by atoms with van der Waals surface area (Å²) in [6.45, 7) is 0. The van der Waals surface area contributed by atoms with Gasteiger partial charge in [0.15, 0.2) is 5.82 Å². The summed E-state index contributed by atoms with van der Waals surface area (Å²) in [7, 11) is 1.86. The summed E-state index contributed by atoms with van der Waals surface area (Å²) in [5.41, 5.74) is 5.59. The van der Waals surface area contributed by atoms with E-state index in [9.17, 15) is 5.26 Å². The van der Waals surface area contributed by atoms with Gasteiger partial charge in [0, 0.05) is 12.1 Å². The summed E-state index contributed by atoms with van der Waals surface area (Å²) < 4.78 is 1.85. The molecule has 22 heavy (non-hydrogen) atoms. The van der Waals surface area contributed by atoms with Gasteiger partial charge in [0.05, 0.1) is 16.7 Å². The van der Waals surface area contributed by atoms with Crippen LogP contribution in [0.4, 0.5) is 5.69 Å². The lowest BCUT2D eigenvalue weighted by Crippen LogP contribution is -2.08. The zero-order chi connectivity index (χ0) is 15.5. The minimum Gasteiger partial charge on any atom is -0.325 e. The van der Waals surface area contributed by atoms with Crippen molar-refractivity contribution in [1.82, 2.24) is 9.55 Å². The van der Waals surface area contributed by atoms with Crippen LogP contribution in [0.3, 0.4) is 0 Å². The van der Waals surface area contributed by atoms with Gasteiger partial charge in [-0.25, -0.2) is 4.98 Å². The van der Waals surface area contributed by atoms with Crippen molar-refractivity contribution in [2.24, 2.45) is 12.1 Å². The number of nitrogens with zero attached hydrogens (tertiary/aromatic N) is 4. The summed E-state index contributed by atoms with van der Waals surface area (Å²) in [5, 5.41) is 14.1. The SMILES string of the molecule is Cn1c(/C(C#N)=N\Nc2ccc(Cl)cc2)nc2ccccc21. The number of aryl methyl sites for hydroxylation is 1. The highest BCUT2D eigenvalue weighted by Crippen LogP contribution is 2.16. The van der Waals surface area contributed by atoms with Crippen molar-refractivity contribution < 1.29 is 0 Å². The Morgan fingerprint density at radius 1 is 1.23 bits per heavy atom. The highest BCUT2D eigenvalue weighted by Gasteiger charge is 2.13. The highest BCUT2D eigenvalue weighted by molar-refractivity contribution is 6.30. The van der Waals surface area contributed by atoms with Gasteiger partial charge in [-0.05, 0) is 36.4 Å². The first-order valence-corrected chi connectivity index (χ1v) is 6.98. The molecule has 0 atom stereocenters. The molecule has 0 bridgehead atoms. The van der Waals surface area contributed by atoms with Crippen molar-refractivity contribution in [2.45, 2.75) is 0 Å². The third-order valence-electron chi connectivity index (χ3n) is 3.25. The molecule has 3 aromatic rings. The molecule has 0 unspecified atom stereocenters. The molecule has 0 saturated heterocycles. The highest BCUT2D eigenvalue weighted by atomic mass is 35.5. The van der Waals surface area contributed by atoms with E-state index in [2.05, 4.69) is 21.6 Å². The molecule has 0 spiro atoms. The van der Waals surface area contributed by atoms with E-state index in [1.165, 1.54) is 0 Å². The summed E-state index contributed by atoms with van der Waals surface area (Å²) in [4.78, 5) is 4.46. The largest absolute Gasteiger partial charge is 0.325 e. The van der Waals surface area contributed by atoms with Crippen LogP contribution in [-0.4, -0.2) is 15.3 Å². The predicted octanol–water partition coefficient (Wildman–Crippen LogP) is 3.57. The maximum atomic E-state index is 9.36. The number of nitriles is 1. The molecule has 3 rings (SSSR count). The molecule has 108 valence electrons. The first-order chi connectivity index (χ1) is 10.7. The molecular formula is C16H12ClN5. The van der Waals surface area contributed by atoms with Gasteiger partial charge in [0.25, 0.3) is 0 Å². The molecule has 6 heteroatoms. The molecule has 0 saturated carbocycles. The Kier molecular flexibility index (Phi) is 3.77. The van der Waals surface area contributed by atoms with Crippen molar-refractivity contribution in [2.75, 3.05) is 5.43 Å². The molecule has 5 nitrogen and oxygen atoms in total. The number of para-hydroxylation sites is 2. The normalized spacial score (nSPS) is 11.4. The minimum atomic E-state index is 0.216. The van der Waals surface area contributed by atoms with Crippen LogP contribution >= 0.6 is 11.6 Å². The Bertz CT molecular complexity index is 887. The van der Waals surface area contributed by atoms with Gasteiger partial charge in [0.1, 0.15) is 6.07 Å². The Morgan fingerprint density at radius 2 is 1.95 bits per heavy atom. The topological polar surface area (TPSA) is 66.0 Å². The van der Waals surface area contributed by atoms with Crippen LogP contribution in [0.15, 0.2) is 53.6 Å². The number of hydrazone groups is 1. The van der Waals surface area contributed by atoms with Gasteiger partial charge < -0.3 is 4.57 Å². The average Bonchev–Trinajstić information content (AvgIpc) is 2.87. The number of nitrogens with one attached hydrogen (secondary N) is 1. The third kappa shape index (κ3) is 2.65. The number of hydrogen-bond donors (Lipinski definition) is 1. The van der Waals surface area contributed by atoms with Gasteiger partial charge >= 0.3 is 0 Å². The first-order valence-electron chi connectivity index (χ1n) is 6.60. The maximum Gasteiger partial charge on any atom is 0.203 e. The second kappa shape index (κ2) is 5.88. The minimum absolute atomic E-state index is 0.216. The van der Waals surface area contributed by atoms with E-state index < -0.39 is 0 Å². The van der Waals surface area contributed by atoms with Crippen LogP contribution in [0.2, 0.25) is 5.02 Å². The molecule has 0 fully saturated rings. The Labute approximate surface area is 132 Å². The van der Waals surface area contributed by atoms with Gasteiger partial charge in [-0.1, -0.05) is 23.7 Å². The Hall–Kier alpha value is -2.84. The number of fused-ring (bicyclic) bond motifs is 1. The van der Waals surface area contributed by atoms with Crippen molar-refractivity contribution in [3.63, 3.8) is 0 Å². The quantitative estimate of drug-likeness (QED) is 0.594. The average molecular weight is 310 g/mol. The summed E-state index contributed by atoms with van der Waals surface area (Å²) in [5.74, 6) is 0.519. The van der Waals surface area contributed by atoms with Crippen molar-refractivity contribution in [1.29, 1.82) is 5.26 Å². The van der Waals surface area contributed by atoms with Gasteiger partial charge in [-0.3, -0.25) is 5.43 Å². The number of benzene rings is 2. The molecule has 1 N–H and O–H groups in total.